The van der Waals surface area contributed by atoms with E-state index in [0.29, 0.717) is 0 Å². The normalized spacial score (nSPS) is 24.1. The fraction of sp³-hybridized carbons (Fsp3) is 0.263. The lowest BCUT2D eigenvalue weighted by atomic mass is 9.98. The van der Waals surface area contributed by atoms with Gasteiger partial charge in [-0.25, -0.2) is 0 Å². The summed E-state index contributed by atoms with van der Waals surface area (Å²) in [5, 5.41) is 11.0. The van der Waals surface area contributed by atoms with Gasteiger partial charge in [0.2, 0.25) is 0 Å². The molecule has 0 heterocycles. The monoisotopic (exact) mass is 323 g/mol. The van der Waals surface area contributed by atoms with Crippen LogP contribution in [0.1, 0.15) is 23.5 Å². The van der Waals surface area contributed by atoms with Crippen LogP contribution in [0.15, 0.2) is 48.5 Å². The van der Waals surface area contributed by atoms with Gasteiger partial charge < -0.3 is 20.4 Å². The van der Waals surface area contributed by atoms with Crippen molar-refractivity contribution in [1.82, 2.24) is 0 Å². The third-order valence-electron chi connectivity index (χ3n) is 5.12. The molecule has 2 aliphatic rings. The number of rotatable bonds is 4. The number of carbonyl (C=O) groups excluding carboxylic acids is 2. The molecule has 0 unspecified atom stereocenters. The number of benzene rings is 2. The number of quaternary nitrogens is 1. The summed E-state index contributed by atoms with van der Waals surface area (Å²) < 4.78 is 5.44. The van der Waals surface area contributed by atoms with Gasteiger partial charge in [0, 0.05) is 12.3 Å². The number of fused-ring (bicyclic) bond motifs is 3. The molecule has 0 bridgehead atoms. The Bertz CT molecular complexity index is 801. The van der Waals surface area contributed by atoms with E-state index in [-0.39, 0.29) is 18.9 Å². The van der Waals surface area contributed by atoms with Crippen molar-refractivity contribution in [1.29, 1.82) is 0 Å². The predicted octanol–water partition coefficient (Wildman–Crippen LogP) is 0.0926. The number of carboxylic acid groups (broad SMARTS) is 1. The van der Waals surface area contributed by atoms with Gasteiger partial charge in [-0.15, -0.1) is 0 Å². The molecule has 5 nitrogen and oxygen atoms in total. The molecule has 0 aromatic heterocycles. The third kappa shape index (κ3) is 2.12. The number of ether oxygens (including phenoxy) is 1. The number of hydrogen-bond acceptors (Lipinski definition) is 4. The Hall–Kier alpha value is -2.66. The Balaban J connectivity index is 1.54. The molecule has 0 radical (unpaired) electrons. The largest absolute Gasteiger partial charge is 0.544 e. The van der Waals surface area contributed by atoms with Gasteiger partial charge >= 0.3 is 5.97 Å². The van der Waals surface area contributed by atoms with Crippen LogP contribution in [0.3, 0.4) is 0 Å². The van der Waals surface area contributed by atoms with Gasteiger partial charge in [0.25, 0.3) is 0 Å². The second kappa shape index (κ2) is 5.18. The molecular weight excluding hydrogens is 306 g/mol. The number of aliphatic carboxylic acids is 1. The molecule has 5 heteroatoms. The number of carboxylic acids is 1. The molecule has 3 N–H and O–H groups in total. The second-order valence-corrected chi connectivity index (χ2v) is 6.56. The molecule has 0 amide bonds. The lowest BCUT2D eigenvalue weighted by Gasteiger charge is -2.15. The van der Waals surface area contributed by atoms with E-state index in [1.807, 2.05) is 36.4 Å². The summed E-state index contributed by atoms with van der Waals surface area (Å²) in [7, 11) is 0. The van der Waals surface area contributed by atoms with E-state index in [2.05, 4.69) is 17.9 Å². The highest BCUT2D eigenvalue weighted by Crippen LogP contribution is 2.45. The van der Waals surface area contributed by atoms with Gasteiger partial charge in [0.05, 0.1) is 0 Å². The van der Waals surface area contributed by atoms with E-state index in [1.165, 1.54) is 0 Å². The van der Waals surface area contributed by atoms with Gasteiger partial charge in [-0.05, 0) is 22.3 Å². The second-order valence-electron chi connectivity index (χ2n) is 6.56. The van der Waals surface area contributed by atoms with Crippen molar-refractivity contribution < 1.29 is 25.2 Å². The van der Waals surface area contributed by atoms with E-state index < -0.39 is 23.4 Å². The van der Waals surface area contributed by atoms with Crippen molar-refractivity contribution >= 4 is 11.9 Å². The smallest absolute Gasteiger partial charge is 0.316 e. The topological polar surface area (TPSA) is 94.1 Å². The fourth-order valence-corrected chi connectivity index (χ4v) is 3.55. The summed E-state index contributed by atoms with van der Waals surface area (Å²) in [5.41, 5.74) is 6.82. The minimum absolute atomic E-state index is 0.0257. The third-order valence-corrected chi connectivity index (χ3v) is 5.12. The SMILES string of the molecule is [NH3+][C@@]1(C(=O)[O-])C[C@H]1C(=O)OCC1c2ccccc2-c2ccccc21. The van der Waals surface area contributed by atoms with Crippen molar-refractivity contribution in [2.75, 3.05) is 6.61 Å². The zero-order valence-corrected chi connectivity index (χ0v) is 13.0. The van der Waals surface area contributed by atoms with Crippen LogP contribution in [0.2, 0.25) is 0 Å². The fourth-order valence-electron chi connectivity index (χ4n) is 3.55. The molecule has 24 heavy (non-hydrogen) atoms. The summed E-state index contributed by atoms with van der Waals surface area (Å²) in [6.07, 6.45) is 0.187. The Morgan fingerprint density at radius 2 is 1.62 bits per heavy atom. The Morgan fingerprint density at radius 3 is 2.12 bits per heavy atom. The molecule has 4 rings (SSSR count). The first kappa shape index (κ1) is 14.9. The first-order valence-electron chi connectivity index (χ1n) is 7.94. The van der Waals surface area contributed by atoms with Crippen molar-refractivity contribution in [2.24, 2.45) is 5.92 Å². The highest BCUT2D eigenvalue weighted by Gasteiger charge is 2.62. The molecule has 0 aliphatic heterocycles. The van der Waals surface area contributed by atoms with Crippen molar-refractivity contribution in [2.45, 2.75) is 17.9 Å². The highest BCUT2D eigenvalue weighted by atomic mass is 16.5. The van der Waals surface area contributed by atoms with Crippen LogP contribution in [0.25, 0.3) is 11.1 Å². The maximum Gasteiger partial charge on any atom is 0.316 e. The maximum atomic E-state index is 12.2. The van der Waals surface area contributed by atoms with E-state index in [1.54, 1.807) is 0 Å². The minimum atomic E-state index is -1.32. The highest BCUT2D eigenvalue weighted by molar-refractivity contribution is 5.91. The first-order chi connectivity index (χ1) is 11.5. The quantitative estimate of drug-likeness (QED) is 0.807. The van der Waals surface area contributed by atoms with Gasteiger partial charge in [0.1, 0.15) is 24.0 Å². The number of esters is 1. The average Bonchev–Trinajstić information content (AvgIpc) is 3.20. The number of hydrogen-bond donors (Lipinski definition) is 1. The Kier molecular flexibility index (Phi) is 3.21. The minimum Gasteiger partial charge on any atom is -0.544 e. The van der Waals surface area contributed by atoms with Crippen LogP contribution in [0, 0.1) is 5.92 Å². The molecular formula is C19H17NO4. The molecule has 2 atom stereocenters. The summed E-state index contributed by atoms with van der Waals surface area (Å²) >= 11 is 0. The molecule has 0 saturated heterocycles. The molecule has 2 aromatic rings. The van der Waals surface area contributed by atoms with Crippen LogP contribution in [0.5, 0.6) is 0 Å². The van der Waals surface area contributed by atoms with Crippen LogP contribution in [0.4, 0.5) is 0 Å². The lowest BCUT2D eigenvalue weighted by Crippen LogP contribution is -2.72. The number of carbonyl (C=O) groups is 2. The van der Waals surface area contributed by atoms with Crippen LogP contribution in [-0.4, -0.2) is 24.1 Å². The van der Waals surface area contributed by atoms with Crippen LogP contribution < -0.4 is 10.8 Å². The first-order valence-corrected chi connectivity index (χ1v) is 7.94. The van der Waals surface area contributed by atoms with E-state index in [0.717, 1.165) is 22.3 Å². The Morgan fingerprint density at radius 1 is 1.08 bits per heavy atom. The van der Waals surface area contributed by atoms with Gasteiger partial charge in [0.15, 0.2) is 0 Å². The van der Waals surface area contributed by atoms with Crippen LogP contribution in [-0.2, 0) is 14.3 Å². The van der Waals surface area contributed by atoms with Gasteiger partial charge in [-0.3, -0.25) is 4.79 Å². The lowest BCUT2D eigenvalue weighted by molar-refractivity contribution is -0.456. The molecule has 1 saturated carbocycles. The molecule has 1 fully saturated rings. The summed E-state index contributed by atoms with van der Waals surface area (Å²) in [6, 6.07) is 16.1. The summed E-state index contributed by atoms with van der Waals surface area (Å²) in [6.45, 7) is 0.201. The van der Waals surface area contributed by atoms with E-state index in [4.69, 9.17) is 4.74 Å². The Labute approximate surface area is 139 Å². The van der Waals surface area contributed by atoms with E-state index >= 15 is 0 Å². The molecule has 0 spiro atoms. The summed E-state index contributed by atoms with van der Waals surface area (Å²) in [5.74, 6) is -2.52. The average molecular weight is 323 g/mol. The zero-order valence-electron chi connectivity index (χ0n) is 13.0. The maximum absolute atomic E-state index is 12.2. The van der Waals surface area contributed by atoms with Crippen molar-refractivity contribution in [3.05, 3.63) is 59.7 Å². The summed E-state index contributed by atoms with van der Waals surface area (Å²) in [4.78, 5) is 23.2. The van der Waals surface area contributed by atoms with Crippen molar-refractivity contribution in [3.8, 4) is 11.1 Å². The van der Waals surface area contributed by atoms with Crippen molar-refractivity contribution in [3.63, 3.8) is 0 Å². The zero-order chi connectivity index (χ0) is 16.9. The van der Waals surface area contributed by atoms with Gasteiger partial charge in [-0.1, -0.05) is 48.5 Å². The predicted molar refractivity (Wildman–Crippen MR) is 83.4 cm³/mol. The molecule has 2 aliphatic carbocycles. The van der Waals surface area contributed by atoms with E-state index in [9.17, 15) is 14.7 Å². The molecule has 2 aromatic carbocycles. The molecule has 122 valence electrons. The van der Waals surface area contributed by atoms with Gasteiger partial charge in [-0.2, -0.15) is 0 Å². The standard InChI is InChI=1S/C19H17NO4/c20-19(18(22)23)9-16(19)17(21)24-10-15-13-7-3-1-5-11(13)12-6-2-4-8-14(12)15/h1-8,15-16H,9-10,20H2,(H,22,23)/t16-,19-/m0/s1. The van der Waals surface area contributed by atoms with Crippen LogP contribution >= 0.6 is 0 Å².